The van der Waals surface area contributed by atoms with E-state index >= 15 is 0 Å². The lowest BCUT2D eigenvalue weighted by Crippen LogP contribution is -2.35. The van der Waals surface area contributed by atoms with Crippen molar-refractivity contribution in [3.8, 4) is 5.75 Å². The maximum absolute atomic E-state index is 5.90. The Morgan fingerprint density at radius 3 is 2.52 bits per heavy atom. The van der Waals surface area contributed by atoms with Crippen molar-refractivity contribution in [3.05, 3.63) is 28.7 Å². The molecule has 1 aliphatic rings. The molecule has 0 aromatic heterocycles. The number of methoxy groups -OCH3 is 1. The van der Waals surface area contributed by atoms with E-state index in [1.807, 2.05) is 24.3 Å². The molecule has 0 bridgehead atoms. The highest BCUT2D eigenvalue weighted by molar-refractivity contribution is 9.10. The largest absolute Gasteiger partial charge is 0.494 e. The second-order valence-corrected chi connectivity index (χ2v) is 6.84. The summed E-state index contributed by atoms with van der Waals surface area (Å²) in [5.74, 6) is 0.957. The molecule has 0 heterocycles. The van der Waals surface area contributed by atoms with E-state index in [0.29, 0.717) is 5.41 Å². The van der Waals surface area contributed by atoms with Gasteiger partial charge in [-0.05, 0) is 48.9 Å². The summed E-state index contributed by atoms with van der Waals surface area (Å²) in [7, 11) is 1.75. The first kappa shape index (κ1) is 16.8. The van der Waals surface area contributed by atoms with Crippen LogP contribution >= 0.6 is 15.9 Å². The van der Waals surface area contributed by atoms with Gasteiger partial charge in [0.05, 0.1) is 13.2 Å². The Labute approximate surface area is 136 Å². The van der Waals surface area contributed by atoms with E-state index in [2.05, 4.69) is 21.2 Å². The van der Waals surface area contributed by atoms with Crippen LogP contribution in [0.3, 0.4) is 0 Å². The topological polar surface area (TPSA) is 30.5 Å². The third-order valence-electron chi connectivity index (χ3n) is 4.36. The van der Waals surface area contributed by atoms with Crippen LogP contribution in [0.4, 0.5) is 0 Å². The number of rotatable bonds is 9. The van der Waals surface area contributed by atoms with Crippen molar-refractivity contribution < 1.29 is 9.47 Å². The normalized spacial score (nSPS) is 17.0. The lowest BCUT2D eigenvalue weighted by atomic mass is 9.83. The Balaban J connectivity index is 1.75. The lowest BCUT2D eigenvalue weighted by Gasteiger charge is -2.29. The van der Waals surface area contributed by atoms with Crippen molar-refractivity contribution in [2.75, 3.05) is 33.4 Å². The summed E-state index contributed by atoms with van der Waals surface area (Å²) < 4.78 is 12.1. The highest BCUT2D eigenvalue weighted by Crippen LogP contribution is 2.40. The summed E-state index contributed by atoms with van der Waals surface area (Å²) in [5, 5.41) is 3.54. The molecule has 1 aliphatic carbocycles. The molecule has 1 aromatic rings. The standard InChI is InChI=1S/C17H26BrNO2/c1-20-13-11-19-14-17(8-2-3-9-17)10-12-21-16-6-4-15(18)5-7-16/h4-7,19H,2-3,8-14H2,1H3. The summed E-state index contributed by atoms with van der Waals surface area (Å²) in [6.45, 7) is 3.60. The maximum Gasteiger partial charge on any atom is 0.119 e. The molecule has 1 saturated carbocycles. The molecule has 0 radical (unpaired) electrons. The molecule has 2 rings (SSSR count). The monoisotopic (exact) mass is 355 g/mol. The Morgan fingerprint density at radius 2 is 1.86 bits per heavy atom. The van der Waals surface area contributed by atoms with Gasteiger partial charge in [-0.2, -0.15) is 0 Å². The van der Waals surface area contributed by atoms with E-state index in [0.717, 1.165) is 42.9 Å². The van der Waals surface area contributed by atoms with Gasteiger partial charge in [0.25, 0.3) is 0 Å². The van der Waals surface area contributed by atoms with E-state index < -0.39 is 0 Å². The van der Waals surface area contributed by atoms with Gasteiger partial charge < -0.3 is 14.8 Å². The molecule has 0 saturated heterocycles. The number of hydrogen-bond acceptors (Lipinski definition) is 3. The van der Waals surface area contributed by atoms with Gasteiger partial charge in [-0.25, -0.2) is 0 Å². The zero-order valence-corrected chi connectivity index (χ0v) is 14.5. The number of halogens is 1. The zero-order chi connectivity index (χ0) is 15.0. The molecule has 0 unspecified atom stereocenters. The number of benzene rings is 1. The SMILES string of the molecule is COCCNCC1(CCOc2ccc(Br)cc2)CCCC1. The fourth-order valence-corrected chi connectivity index (χ4v) is 3.35. The van der Waals surface area contributed by atoms with Crippen LogP contribution in [0.5, 0.6) is 5.75 Å². The molecule has 21 heavy (non-hydrogen) atoms. The van der Waals surface area contributed by atoms with Gasteiger partial charge in [0, 0.05) is 24.7 Å². The minimum absolute atomic E-state index is 0.420. The average Bonchev–Trinajstić information content (AvgIpc) is 2.95. The van der Waals surface area contributed by atoms with Crippen molar-refractivity contribution in [2.24, 2.45) is 5.41 Å². The van der Waals surface area contributed by atoms with Crippen LogP contribution in [0.25, 0.3) is 0 Å². The summed E-state index contributed by atoms with van der Waals surface area (Å²) in [6, 6.07) is 8.07. The van der Waals surface area contributed by atoms with Crippen LogP contribution < -0.4 is 10.1 Å². The maximum atomic E-state index is 5.90. The smallest absolute Gasteiger partial charge is 0.119 e. The average molecular weight is 356 g/mol. The third-order valence-corrected chi connectivity index (χ3v) is 4.89. The molecule has 0 aliphatic heterocycles. The van der Waals surface area contributed by atoms with Gasteiger partial charge in [-0.1, -0.05) is 28.8 Å². The Morgan fingerprint density at radius 1 is 1.14 bits per heavy atom. The summed E-state index contributed by atoms with van der Waals surface area (Å²) >= 11 is 3.44. The van der Waals surface area contributed by atoms with Crippen molar-refractivity contribution in [3.63, 3.8) is 0 Å². The molecule has 3 nitrogen and oxygen atoms in total. The Hall–Kier alpha value is -0.580. The van der Waals surface area contributed by atoms with Crippen LogP contribution in [0, 0.1) is 5.41 Å². The molecular weight excluding hydrogens is 330 g/mol. The van der Waals surface area contributed by atoms with Gasteiger partial charge in [0.1, 0.15) is 5.75 Å². The van der Waals surface area contributed by atoms with Crippen LogP contribution in [-0.2, 0) is 4.74 Å². The molecule has 0 amide bonds. The highest BCUT2D eigenvalue weighted by Gasteiger charge is 2.33. The van der Waals surface area contributed by atoms with E-state index in [-0.39, 0.29) is 0 Å². The van der Waals surface area contributed by atoms with Crippen molar-refractivity contribution >= 4 is 15.9 Å². The lowest BCUT2D eigenvalue weighted by molar-refractivity contribution is 0.172. The summed E-state index contributed by atoms with van der Waals surface area (Å²) in [4.78, 5) is 0. The molecule has 1 aromatic carbocycles. The van der Waals surface area contributed by atoms with Gasteiger partial charge in [0.15, 0.2) is 0 Å². The van der Waals surface area contributed by atoms with E-state index in [1.54, 1.807) is 7.11 Å². The quantitative estimate of drug-likeness (QED) is 0.678. The summed E-state index contributed by atoms with van der Waals surface area (Å²) in [6.07, 6.45) is 6.46. The predicted octanol–water partition coefficient (Wildman–Crippen LogP) is 4.01. The number of hydrogen-bond donors (Lipinski definition) is 1. The molecular formula is C17H26BrNO2. The highest BCUT2D eigenvalue weighted by atomic mass is 79.9. The second-order valence-electron chi connectivity index (χ2n) is 5.93. The van der Waals surface area contributed by atoms with E-state index in [1.165, 1.54) is 25.7 Å². The van der Waals surface area contributed by atoms with Gasteiger partial charge >= 0.3 is 0 Å². The van der Waals surface area contributed by atoms with Crippen LogP contribution in [0.15, 0.2) is 28.7 Å². The van der Waals surface area contributed by atoms with Crippen LogP contribution in [0.2, 0.25) is 0 Å². The number of nitrogens with one attached hydrogen (secondary N) is 1. The first-order chi connectivity index (χ1) is 10.2. The minimum Gasteiger partial charge on any atom is -0.494 e. The third kappa shape index (κ3) is 5.61. The fourth-order valence-electron chi connectivity index (χ4n) is 3.08. The summed E-state index contributed by atoms with van der Waals surface area (Å²) in [5.41, 5.74) is 0.420. The van der Waals surface area contributed by atoms with Gasteiger partial charge in [-0.15, -0.1) is 0 Å². The fraction of sp³-hybridized carbons (Fsp3) is 0.647. The van der Waals surface area contributed by atoms with Crippen LogP contribution in [-0.4, -0.2) is 33.4 Å². The first-order valence-corrected chi connectivity index (χ1v) is 8.61. The van der Waals surface area contributed by atoms with Gasteiger partial charge in [-0.3, -0.25) is 0 Å². The van der Waals surface area contributed by atoms with Gasteiger partial charge in [0.2, 0.25) is 0 Å². The molecule has 1 N–H and O–H groups in total. The Bertz CT molecular complexity index is 402. The number of ether oxygens (including phenoxy) is 2. The minimum atomic E-state index is 0.420. The molecule has 0 atom stereocenters. The molecule has 4 heteroatoms. The second kappa shape index (κ2) is 8.76. The van der Waals surface area contributed by atoms with Crippen molar-refractivity contribution in [2.45, 2.75) is 32.1 Å². The van der Waals surface area contributed by atoms with E-state index in [4.69, 9.17) is 9.47 Å². The zero-order valence-electron chi connectivity index (χ0n) is 12.9. The predicted molar refractivity (Wildman–Crippen MR) is 89.9 cm³/mol. The molecule has 118 valence electrons. The van der Waals surface area contributed by atoms with Crippen molar-refractivity contribution in [1.29, 1.82) is 0 Å². The van der Waals surface area contributed by atoms with Crippen molar-refractivity contribution in [1.82, 2.24) is 5.32 Å². The molecule has 1 fully saturated rings. The first-order valence-electron chi connectivity index (χ1n) is 7.82. The van der Waals surface area contributed by atoms with Crippen LogP contribution in [0.1, 0.15) is 32.1 Å². The Kier molecular flexibility index (Phi) is 7.00. The van der Waals surface area contributed by atoms with E-state index in [9.17, 15) is 0 Å². The molecule has 0 spiro atoms.